The molecule has 0 unspecified atom stereocenters. The van der Waals surface area contributed by atoms with Crippen LogP contribution in [0.25, 0.3) is 27.8 Å². The summed E-state index contributed by atoms with van der Waals surface area (Å²) in [6, 6.07) is 13.9. The molecule has 0 saturated carbocycles. The van der Waals surface area contributed by atoms with E-state index in [9.17, 15) is 9.90 Å². The van der Waals surface area contributed by atoms with Crippen LogP contribution in [0, 0.1) is 5.82 Å². The summed E-state index contributed by atoms with van der Waals surface area (Å²) in [6.07, 6.45) is 3.37. The molecule has 0 aliphatic carbocycles. The third-order valence-electron chi connectivity index (χ3n) is 6.52. The van der Waals surface area contributed by atoms with Crippen molar-refractivity contribution in [3.8, 4) is 16.8 Å². The number of carbonyl (C=O) groups excluding carboxylic acids is 1. The van der Waals surface area contributed by atoms with Crippen LogP contribution in [0.15, 0.2) is 61.1 Å². The van der Waals surface area contributed by atoms with Crippen LogP contribution in [0.3, 0.4) is 0 Å². The number of hydrogen-bond donors (Lipinski definition) is 1. The van der Waals surface area contributed by atoms with Crippen molar-refractivity contribution in [2.45, 2.75) is 32.4 Å². The lowest BCUT2D eigenvalue weighted by Gasteiger charge is -2.42. The number of nitrogens with zero attached hydrogens (tertiary/aromatic N) is 5. The van der Waals surface area contributed by atoms with Crippen LogP contribution >= 0.6 is 11.6 Å². The quantitative estimate of drug-likeness (QED) is 0.434. The maximum absolute atomic E-state index is 15.0. The fraction of sp³-hybridized carbons (Fsp3) is 0.296. The molecule has 1 N–H and O–H groups in total. The molecule has 0 radical (unpaired) electrons. The predicted molar refractivity (Wildman–Crippen MR) is 139 cm³/mol. The molecule has 0 bridgehead atoms. The molecule has 1 atom stereocenters. The Kier molecular flexibility index (Phi) is 6.18. The second-order valence-electron chi connectivity index (χ2n) is 9.62. The van der Waals surface area contributed by atoms with Crippen molar-refractivity contribution >= 4 is 34.4 Å². The van der Waals surface area contributed by atoms with Crippen molar-refractivity contribution in [3.05, 3.63) is 71.9 Å². The van der Waals surface area contributed by atoms with Crippen LogP contribution in [0.4, 0.5) is 10.2 Å². The highest BCUT2D eigenvalue weighted by Crippen LogP contribution is 2.38. The minimum atomic E-state index is -1.44. The van der Waals surface area contributed by atoms with Gasteiger partial charge in [0, 0.05) is 53.7 Å². The van der Waals surface area contributed by atoms with Gasteiger partial charge in [-0.1, -0.05) is 35.9 Å². The number of hydrogen-bond acceptors (Lipinski definition) is 5. The molecule has 1 amide bonds. The molecule has 5 rings (SSSR count). The lowest BCUT2D eigenvalue weighted by molar-refractivity contribution is -0.150. The minimum absolute atomic E-state index is 0.158. The van der Waals surface area contributed by atoms with E-state index in [4.69, 9.17) is 11.6 Å². The van der Waals surface area contributed by atoms with E-state index in [0.29, 0.717) is 47.2 Å². The molecule has 1 fully saturated rings. The molecule has 4 aromatic rings. The number of aromatic nitrogens is 3. The van der Waals surface area contributed by atoms with Crippen molar-refractivity contribution in [2.24, 2.45) is 0 Å². The molecule has 3 heterocycles. The van der Waals surface area contributed by atoms with Crippen molar-refractivity contribution in [3.63, 3.8) is 0 Å². The topological polar surface area (TPSA) is 74.5 Å². The van der Waals surface area contributed by atoms with Gasteiger partial charge < -0.3 is 19.5 Å². The number of amides is 1. The van der Waals surface area contributed by atoms with Crippen LogP contribution in [-0.2, 0) is 4.79 Å². The summed E-state index contributed by atoms with van der Waals surface area (Å²) in [5.74, 6) is 0.0225. The summed E-state index contributed by atoms with van der Waals surface area (Å²) in [7, 11) is 0. The highest BCUT2D eigenvalue weighted by atomic mass is 35.5. The van der Waals surface area contributed by atoms with Gasteiger partial charge in [-0.05, 0) is 45.0 Å². The fourth-order valence-corrected chi connectivity index (χ4v) is 4.98. The highest BCUT2D eigenvalue weighted by Gasteiger charge is 2.36. The predicted octanol–water partition coefficient (Wildman–Crippen LogP) is 4.69. The summed E-state index contributed by atoms with van der Waals surface area (Å²) in [5, 5.41) is 11.5. The molecule has 186 valence electrons. The molecular weight excluding hydrogens is 481 g/mol. The van der Waals surface area contributed by atoms with E-state index in [0.717, 1.165) is 11.1 Å². The number of fused-ring (bicyclic) bond motifs is 1. The first kappa shape index (κ1) is 24.2. The van der Waals surface area contributed by atoms with Gasteiger partial charge in [0.15, 0.2) is 5.65 Å². The van der Waals surface area contributed by atoms with Gasteiger partial charge in [0.05, 0.1) is 5.39 Å². The standard InChI is InChI=1S/C27H27ClFN5O2/c1-17-14-32(11-12-33(17)26(35)27(2,3)36)24-23-21(20-9-4-5-10-22(20)29)15-34(25(23)31-16-30-24)19-8-6-7-18(28)13-19/h4-10,13,15-17,36H,11-12,14H2,1-3H3/t17-/m1/s1. The van der Waals surface area contributed by atoms with Gasteiger partial charge >= 0.3 is 0 Å². The zero-order chi connectivity index (χ0) is 25.6. The number of anilines is 1. The van der Waals surface area contributed by atoms with Gasteiger partial charge in [-0.2, -0.15) is 0 Å². The number of piperazine rings is 1. The van der Waals surface area contributed by atoms with Crippen molar-refractivity contribution in [1.82, 2.24) is 19.4 Å². The Hall–Kier alpha value is -3.49. The van der Waals surface area contributed by atoms with Gasteiger partial charge in [-0.25, -0.2) is 14.4 Å². The first-order valence-corrected chi connectivity index (χ1v) is 12.2. The molecule has 7 nitrogen and oxygen atoms in total. The average molecular weight is 508 g/mol. The summed E-state index contributed by atoms with van der Waals surface area (Å²) in [4.78, 5) is 25.7. The summed E-state index contributed by atoms with van der Waals surface area (Å²) in [5.41, 5.74) is 1.10. The van der Waals surface area contributed by atoms with E-state index in [2.05, 4.69) is 14.9 Å². The Balaban J connectivity index is 1.64. The summed E-state index contributed by atoms with van der Waals surface area (Å²) in [6.45, 7) is 6.40. The lowest BCUT2D eigenvalue weighted by Crippen LogP contribution is -2.58. The van der Waals surface area contributed by atoms with Crippen molar-refractivity contribution < 1.29 is 14.3 Å². The number of aliphatic hydroxyl groups is 1. The lowest BCUT2D eigenvalue weighted by atomic mass is 10.0. The number of halogens is 2. The Morgan fingerprint density at radius 2 is 1.89 bits per heavy atom. The molecule has 2 aromatic carbocycles. The van der Waals surface area contributed by atoms with Crippen LogP contribution in [-0.4, -0.2) is 61.7 Å². The van der Waals surface area contributed by atoms with Gasteiger partial charge in [-0.15, -0.1) is 0 Å². The van der Waals surface area contributed by atoms with Gasteiger partial charge in [0.1, 0.15) is 23.6 Å². The van der Waals surface area contributed by atoms with Crippen LogP contribution in [0.5, 0.6) is 0 Å². The highest BCUT2D eigenvalue weighted by molar-refractivity contribution is 6.30. The molecule has 2 aromatic heterocycles. The third-order valence-corrected chi connectivity index (χ3v) is 6.76. The second-order valence-corrected chi connectivity index (χ2v) is 10.1. The fourth-order valence-electron chi connectivity index (χ4n) is 4.80. The largest absolute Gasteiger partial charge is 0.381 e. The summed E-state index contributed by atoms with van der Waals surface area (Å²) < 4.78 is 16.9. The molecule has 0 spiro atoms. The Bertz CT molecular complexity index is 1450. The van der Waals surface area contributed by atoms with Gasteiger partial charge in [-0.3, -0.25) is 4.79 Å². The van der Waals surface area contributed by atoms with Gasteiger partial charge in [0.25, 0.3) is 5.91 Å². The first-order chi connectivity index (χ1) is 17.1. The Morgan fingerprint density at radius 3 is 2.58 bits per heavy atom. The van der Waals surface area contributed by atoms with E-state index < -0.39 is 5.60 Å². The second kappa shape index (κ2) is 9.19. The SMILES string of the molecule is C[C@@H]1CN(c2ncnc3c2c(-c2ccccc2F)cn3-c2cccc(Cl)c2)CCN1C(=O)C(C)(C)O. The monoisotopic (exact) mass is 507 g/mol. The van der Waals surface area contributed by atoms with E-state index in [1.807, 2.05) is 35.9 Å². The Morgan fingerprint density at radius 1 is 1.11 bits per heavy atom. The van der Waals surface area contributed by atoms with E-state index in [-0.39, 0.29) is 17.8 Å². The summed E-state index contributed by atoms with van der Waals surface area (Å²) >= 11 is 6.27. The minimum Gasteiger partial charge on any atom is -0.381 e. The molecule has 1 saturated heterocycles. The number of rotatable bonds is 4. The smallest absolute Gasteiger partial charge is 0.254 e. The van der Waals surface area contributed by atoms with Gasteiger partial charge in [0.2, 0.25) is 0 Å². The molecule has 1 aliphatic heterocycles. The van der Waals surface area contributed by atoms with Crippen LogP contribution < -0.4 is 4.90 Å². The van der Waals surface area contributed by atoms with Crippen LogP contribution in [0.2, 0.25) is 5.02 Å². The maximum Gasteiger partial charge on any atom is 0.254 e. The van der Waals surface area contributed by atoms with Crippen LogP contribution in [0.1, 0.15) is 20.8 Å². The van der Waals surface area contributed by atoms with E-state index in [1.165, 1.54) is 26.2 Å². The van der Waals surface area contributed by atoms with Crippen molar-refractivity contribution in [2.75, 3.05) is 24.5 Å². The van der Waals surface area contributed by atoms with Crippen molar-refractivity contribution in [1.29, 1.82) is 0 Å². The molecular formula is C27H27ClFN5O2. The number of benzene rings is 2. The van der Waals surface area contributed by atoms with E-state index in [1.54, 1.807) is 29.2 Å². The molecule has 36 heavy (non-hydrogen) atoms. The first-order valence-electron chi connectivity index (χ1n) is 11.8. The zero-order valence-corrected chi connectivity index (χ0v) is 21.1. The zero-order valence-electron chi connectivity index (χ0n) is 20.3. The normalized spacial score (nSPS) is 16.6. The van der Waals surface area contributed by atoms with E-state index >= 15 is 4.39 Å². The Labute approximate surface area is 213 Å². The molecule has 1 aliphatic rings. The average Bonchev–Trinajstić information content (AvgIpc) is 3.23. The number of carbonyl (C=O) groups is 1. The molecule has 9 heteroatoms. The maximum atomic E-state index is 15.0. The third kappa shape index (κ3) is 4.31.